The molecule has 98 valence electrons. The molecule has 0 aliphatic heterocycles. The van der Waals surface area contributed by atoms with Gasteiger partial charge in [0.1, 0.15) is 11.5 Å². The van der Waals surface area contributed by atoms with Gasteiger partial charge in [-0.2, -0.15) is 13.2 Å². The number of hydrogen-bond donors (Lipinski definition) is 0. The molecular weight excluding hydrogens is 253 g/mol. The molecule has 0 radical (unpaired) electrons. The van der Waals surface area contributed by atoms with Crippen LogP contribution in [-0.4, -0.2) is 6.18 Å². The van der Waals surface area contributed by atoms with Crippen LogP contribution in [0.3, 0.4) is 0 Å². The fourth-order valence-corrected chi connectivity index (χ4v) is 1.50. The monoisotopic (exact) mass is 264 g/mol. The predicted molar refractivity (Wildman–Crippen MR) is 68.0 cm³/mol. The molecule has 0 atom stereocenters. The van der Waals surface area contributed by atoms with Gasteiger partial charge in [0, 0.05) is 6.08 Å². The second kappa shape index (κ2) is 5.61. The first-order valence-corrected chi connectivity index (χ1v) is 5.62. The molecule has 0 heterocycles. The van der Waals surface area contributed by atoms with Crippen molar-refractivity contribution in [2.24, 2.45) is 0 Å². The van der Waals surface area contributed by atoms with Gasteiger partial charge in [0.2, 0.25) is 0 Å². The van der Waals surface area contributed by atoms with E-state index in [4.69, 9.17) is 4.74 Å². The van der Waals surface area contributed by atoms with Gasteiger partial charge in [-0.15, -0.1) is 0 Å². The van der Waals surface area contributed by atoms with Crippen molar-refractivity contribution in [2.75, 3.05) is 0 Å². The van der Waals surface area contributed by atoms with Crippen molar-refractivity contribution < 1.29 is 17.9 Å². The maximum absolute atomic E-state index is 12.1. The number of halogens is 3. The minimum atomic E-state index is -4.31. The number of ether oxygens (including phenoxy) is 1. The Morgan fingerprint density at radius 3 is 2.21 bits per heavy atom. The van der Waals surface area contributed by atoms with Crippen LogP contribution in [0.25, 0.3) is 6.08 Å². The highest BCUT2D eigenvalue weighted by molar-refractivity contribution is 5.52. The number of benzene rings is 2. The zero-order valence-electron chi connectivity index (χ0n) is 9.89. The maximum atomic E-state index is 12.1. The molecule has 4 heteroatoms. The third-order valence-electron chi connectivity index (χ3n) is 2.30. The van der Waals surface area contributed by atoms with E-state index in [0.717, 1.165) is 6.08 Å². The minimum Gasteiger partial charge on any atom is -0.457 e. The first kappa shape index (κ1) is 13.2. The van der Waals surface area contributed by atoms with Crippen molar-refractivity contribution in [3.05, 3.63) is 66.2 Å². The third-order valence-corrected chi connectivity index (χ3v) is 2.30. The Hall–Kier alpha value is -2.23. The van der Waals surface area contributed by atoms with Crippen LogP contribution in [0.1, 0.15) is 5.56 Å². The van der Waals surface area contributed by atoms with Gasteiger partial charge >= 0.3 is 6.18 Å². The summed E-state index contributed by atoms with van der Waals surface area (Å²) < 4.78 is 41.7. The Morgan fingerprint density at radius 1 is 0.842 bits per heavy atom. The van der Waals surface area contributed by atoms with E-state index < -0.39 is 6.18 Å². The van der Waals surface area contributed by atoms with Gasteiger partial charge in [-0.1, -0.05) is 30.3 Å². The molecule has 0 aliphatic rings. The first-order valence-electron chi connectivity index (χ1n) is 5.62. The van der Waals surface area contributed by atoms with Crippen molar-refractivity contribution in [1.82, 2.24) is 0 Å². The zero-order chi connectivity index (χ0) is 13.7. The Kier molecular flexibility index (Phi) is 3.90. The second-order valence-corrected chi connectivity index (χ2v) is 3.86. The number of para-hydroxylation sites is 1. The molecule has 19 heavy (non-hydrogen) atoms. The van der Waals surface area contributed by atoms with E-state index in [1.165, 1.54) is 0 Å². The SMILES string of the molecule is FC(F)(F)/C=C\c1cccc(Oc2ccccc2)c1. The molecule has 0 bridgehead atoms. The van der Waals surface area contributed by atoms with Gasteiger partial charge in [-0.05, 0) is 35.9 Å². The second-order valence-electron chi connectivity index (χ2n) is 3.86. The Balaban J connectivity index is 2.14. The highest BCUT2D eigenvalue weighted by Gasteiger charge is 2.21. The minimum absolute atomic E-state index is 0.203. The van der Waals surface area contributed by atoms with E-state index in [2.05, 4.69) is 0 Å². The van der Waals surface area contributed by atoms with Crippen molar-refractivity contribution >= 4 is 6.08 Å². The quantitative estimate of drug-likeness (QED) is 0.753. The van der Waals surface area contributed by atoms with E-state index in [1.54, 1.807) is 36.4 Å². The van der Waals surface area contributed by atoms with Gasteiger partial charge in [0.05, 0.1) is 0 Å². The van der Waals surface area contributed by atoms with Gasteiger partial charge in [-0.25, -0.2) is 0 Å². The molecule has 0 saturated heterocycles. The van der Waals surface area contributed by atoms with Crippen molar-refractivity contribution in [3.8, 4) is 11.5 Å². The lowest BCUT2D eigenvalue weighted by molar-refractivity contribution is -0.0790. The molecule has 2 rings (SSSR count). The third kappa shape index (κ3) is 4.50. The molecule has 0 saturated carbocycles. The summed E-state index contributed by atoms with van der Waals surface area (Å²) in [4.78, 5) is 0. The molecule has 0 unspecified atom stereocenters. The lowest BCUT2D eigenvalue weighted by Gasteiger charge is -2.06. The van der Waals surface area contributed by atoms with Crippen LogP contribution in [0.5, 0.6) is 11.5 Å². The molecule has 2 aromatic carbocycles. The van der Waals surface area contributed by atoms with Gasteiger partial charge in [0.15, 0.2) is 0 Å². The Labute approximate surface area is 109 Å². The molecule has 0 spiro atoms. The summed E-state index contributed by atoms with van der Waals surface area (Å²) in [6.07, 6.45) is -3.09. The Morgan fingerprint density at radius 2 is 1.53 bits per heavy atom. The predicted octanol–water partition coefficient (Wildman–Crippen LogP) is 5.05. The van der Waals surface area contributed by atoms with Crippen LogP contribution in [0.15, 0.2) is 60.7 Å². The molecule has 0 aromatic heterocycles. The molecule has 0 fully saturated rings. The van der Waals surface area contributed by atoms with E-state index in [-0.39, 0.29) is 6.08 Å². The van der Waals surface area contributed by atoms with Crippen molar-refractivity contribution in [1.29, 1.82) is 0 Å². The number of allylic oxidation sites excluding steroid dienone is 1. The van der Waals surface area contributed by atoms with Crippen LogP contribution in [-0.2, 0) is 0 Å². The normalized spacial score (nSPS) is 11.7. The van der Waals surface area contributed by atoms with Crippen LogP contribution in [0.2, 0.25) is 0 Å². The molecule has 1 nitrogen and oxygen atoms in total. The number of alkyl halides is 3. The maximum Gasteiger partial charge on any atom is 0.409 e. The smallest absolute Gasteiger partial charge is 0.409 e. The lowest BCUT2D eigenvalue weighted by atomic mass is 10.2. The van der Waals surface area contributed by atoms with E-state index in [9.17, 15) is 13.2 Å². The summed E-state index contributed by atoms with van der Waals surface area (Å²) in [5.41, 5.74) is 0.436. The summed E-state index contributed by atoms with van der Waals surface area (Å²) in [5.74, 6) is 1.13. The lowest BCUT2D eigenvalue weighted by Crippen LogP contribution is -2.00. The van der Waals surface area contributed by atoms with Crippen LogP contribution in [0, 0.1) is 0 Å². The average Bonchev–Trinajstić information content (AvgIpc) is 2.37. The highest BCUT2D eigenvalue weighted by Crippen LogP contribution is 2.23. The standard InChI is InChI=1S/C15H11F3O/c16-15(17,18)10-9-12-5-4-8-14(11-12)19-13-6-2-1-3-7-13/h1-11H/b10-9-. The summed E-state index contributed by atoms with van der Waals surface area (Å²) in [5, 5.41) is 0. The fraction of sp³-hybridized carbons (Fsp3) is 0.0667. The summed E-state index contributed by atoms with van der Waals surface area (Å²) in [7, 11) is 0. The van der Waals surface area contributed by atoms with Gasteiger partial charge < -0.3 is 4.74 Å². The molecule has 2 aromatic rings. The number of hydrogen-bond acceptors (Lipinski definition) is 1. The number of rotatable bonds is 3. The zero-order valence-corrected chi connectivity index (χ0v) is 9.89. The van der Waals surface area contributed by atoms with Crippen LogP contribution >= 0.6 is 0 Å². The van der Waals surface area contributed by atoms with E-state index in [1.807, 2.05) is 18.2 Å². The fourth-order valence-electron chi connectivity index (χ4n) is 1.50. The summed E-state index contributed by atoms with van der Waals surface area (Å²) >= 11 is 0. The van der Waals surface area contributed by atoms with Crippen molar-refractivity contribution in [2.45, 2.75) is 6.18 Å². The van der Waals surface area contributed by atoms with Crippen molar-refractivity contribution in [3.63, 3.8) is 0 Å². The summed E-state index contributed by atoms with van der Waals surface area (Å²) in [6, 6.07) is 15.5. The Bertz CT molecular complexity index is 559. The largest absolute Gasteiger partial charge is 0.457 e. The van der Waals surface area contributed by atoms with E-state index in [0.29, 0.717) is 17.1 Å². The molecule has 0 N–H and O–H groups in total. The van der Waals surface area contributed by atoms with Crippen LogP contribution < -0.4 is 4.74 Å². The van der Waals surface area contributed by atoms with E-state index >= 15 is 0 Å². The van der Waals surface area contributed by atoms with Gasteiger partial charge in [0.25, 0.3) is 0 Å². The first-order chi connectivity index (χ1) is 9.03. The highest BCUT2D eigenvalue weighted by atomic mass is 19.4. The van der Waals surface area contributed by atoms with Crippen LogP contribution in [0.4, 0.5) is 13.2 Å². The average molecular weight is 264 g/mol. The summed E-state index contributed by atoms with van der Waals surface area (Å²) in [6.45, 7) is 0. The topological polar surface area (TPSA) is 9.23 Å². The van der Waals surface area contributed by atoms with Gasteiger partial charge in [-0.3, -0.25) is 0 Å². The molecular formula is C15H11F3O. The molecule has 0 amide bonds. The molecule has 0 aliphatic carbocycles.